The molecule has 0 aromatic carbocycles. The van der Waals surface area contributed by atoms with E-state index >= 15 is 0 Å². The van der Waals surface area contributed by atoms with Gasteiger partial charge in [-0.15, -0.1) is 0 Å². The first-order chi connectivity index (χ1) is 5.16. The summed E-state index contributed by atoms with van der Waals surface area (Å²) in [5.41, 5.74) is 4.78. The van der Waals surface area contributed by atoms with E-state index in [2.05, 4.69) is 0 Å². The largest absolute Gasteiger partial charge is 0.328 e. The molecule has 1 nitrogen and oxygen atoms in total. The van der Waals surface area contributed by atoms with Crippen molar-refractivity contribution in [1.82, 2.24) is 0 Å². The molecule has 0 spiro atoms. The first kappa shape index (κ1) is 8.98. The Morgan fingerprint density at radius 2 is 2.36 bits per heavy atom. The molecule has 2 heteroatoms. The average Bonchev–Trinajstić information content (AvgIpc) is 1.86. The Morgan fingerprint density at radius 3 is 2.91 bits per heavy atom. The van der Waals surface area contributed by atoms with Gasteiger partial charge >= 0.3 is 0 Å². The van der Waals surface area contributed by atoms with Crippen molar-refractivity contribution >= 4 is 0 Å². The summed E-state index contributed by atoms with van der Waals surface area (Å²) in [5.74, 6) is 0. The summed E-state index contributed by atoms with van der Waals surface area (Å²) < 4.78 is 13.7. The number of alkyl halides is 1. The molecule has 1 rings (SSSR count). The zero-order valence-corrected chi connectivity index (χ0v) is 7.28. The molecule has 0 aromatic heterocycles. The molecule has 66 valence electrons. The number of hydrogen-bond acceptors (Lipinski definition) is 1. The van der Waals surface area contributed by atoms with Crippen molar-refractivity contribution in [2.75, 3.05) is 0 Å². The first-order valence-electron chi connectivity index (χ1n) is 4.61. The lowest BCUT2D eigenvalue weighted by Crippen LogP contribution is -2.37. The Bertz CT molecular complexity index is 123. The zero-order chi connectivity index (χ0) is 8.32. The third kappa shape index (κ3) is 2.44. The standard InChI is InChI=1S/C9H18FN/c1-2-5-9(10)6-3-4-8(11)7-9/h8H,2-7,11H2,1H3. The predicted molar refractivity (Wildman–Crippen MR) is 45.2 cm³/mol. The van der Waals surface area contributed by atoms with Gasteiger partial charge in [0, 0.05) is 6.04 Å². The molecule has 1 aliphatic rings. The molecule has 0 bridgehead atoms. The van der Waals surface area contributed by atoms with Crippen LogP contribution in [0.3, 0.4) is 0 Å². The van der Waals surface area contributed by atoms with Gasteiger partial charge in [-0.25, -0.2) is 4.39 Å². The van der Waals surface area contributed by atoms with E-state index in [-0.39, 0.29) is 6.04 Å². The molecule has 0 saturated heterocycles. The number of hydrogen-bond donors (Lipinski definition) is 1. The van der Waals surface area contributed by atoms with Gasteiger partial charge < -0.3 is 5.73 Å². The summed E-state index contributed by atoms with van der Waals surface area (Å²) in [6.07, 6.45) is 4.92. The van der Waals surface area contributed by atoms with Crippen molar-refractivity contribution in [3.63, 3.8) is 0 Å². The summed E-state index contributed by atoms with van der Waals surface area (Å²) in [5, 5.41) is 0. The van der Waals surface area contributed by atoms with Gasteiger partial charge in [-0.2, -0.15) is 0 Å². The van der Waals surface area contributed by atoms with Gasteiger partial charge in [-0.05, 0) is 32.1 Å². The summed E-state index contributed by atoms with van der Waals surface area (Å²) >= 11 is 0. The Morgan fingerprint density at radius 1 is 1.64 bits per heavy atom. The van der Waals surface area contributed by atoms with Crippen LogP contribution < -0.4 is 5.73 Å². The highest BCUT2D eigenvalue weighted by Gasteiger charge is 2.33. The normalized spacial score (nSPS) is 39.0. The second-order valence-corrected chi connectivity index (χ2v) is 3.76. The van der Waals surface area contributed by atoms with E-state index in [1.165, 1.54) is 0 Å². The molecule has 1 saturated carbocycles. The summed E-state index contributed by atoms with van der Waals surface area (Å²) in [7, 11) is 0. The van der Waals surface area contributed by atoms with Crippen molar-refractivity contribution < 1.29 is 4.39 Å². The van der Waals surface area contributed by atoms with E-state index in [1.807, 2.05) is 6.92 Å². The van der Waals surface area contributed by atoms with Crippen LogP contribution in [0.2, 0.25) is 0 Å². The van der Waals surface area contributed by atoms with Crippen molar-refractivity contribution in [2.24, 2.45) is 5.73 Å². The second-order valence-electron chi connectivity index (χ2n) is 3.76. The van der Waals surface area contributed by atoms with Gasteiger partial charge in [-0.3, -0.25) is 0 Å². The monoisotopic (exact) mass is 159 g/mol. The van der Waals surface area contributed by atoms with Crippen LogP contribution in [0.25, 0.3) is 0 Å². The number of halogens is 1. The van der Waals surface area contributed by atoms with E-state index in [4.69, 9.17) is 5.73 Å². The maximum atomic E-state index is 13.7. The minimum Gasteiger partial charge on any atom is -0.328 e. The quantitative estimate of drug-likeness (QED) is 0.657. The molecule has 1 fully saturated rings. The fourth-order valence-corrected chi connectivity index (χ4v) is 2.03. The lowest BCUT2D eigenvalue weighted by Gasteiger charge is -2.32. The van der Waals surface area contributed by atoms with Crippen LogP contribution in [-0.2, 0) is 0 Å². The molecule has 2 unspecified atom stereocenters. The van der Waals surface area contributed by atoms with Crippen molar-refractivity contribution in [1.29, 1.82) is 0 Å². The van der Waals surface area contributed by atoms with Crippen LogP contribution in [0.1, 0.15) is 45.4 Å². The van der Waals surface area contributed by atoms with Crippen LogP contribution in [-0.4, -0.2) is 11.7 Å². The van der Waals surface area contributed by atoms with Gasteiger partial charge in [0.1, 0.15) is 5.67 Å². The molecule has 0 aromatic rings. The minimum atomic E-state index is -0.924. The first-order valence-corrected chi connectivity index (χ1v) is 4.61. The predicted octanol–water partition coefficient (Wildman–Crippen LogP) is 2.40. The van der Waals surface area contributed by atoms with Crippen LogP contribution >= 0.6 is 0 Å². The van der Waals surface area contributed by atoms with Crippen LogP contribution in [0.15, 0.2) is 0 Å². The third-order valence-corrected chi connectivity index (χ3v) is 2.53. The van der Waals surface area contributed by atoms with Crippen LogP contribution in [0, 0.1) is 0 Å². The SMILES string of the molecule is CCCC1(F)CCCC(N)C1. The Labute approximate surface area is 68.2 Å². The highest BCUT2D eigenvalue weighted by Crippen LogP contribution is 2.34. The van der Waals surface area contributed by atoms with E-state index in [0.717, 1.165) is 25.7 Å². The molecule has 11 heavy (non-hydrogen) atoms. The topological polar surface area (TPSA) is 26.0 Å². The van der Waals surface area contributed by atoms with E-state index < -0.39 is 5.67 Å². The Kier molecular flexibility index (Phi) is 2.88. The third-order valence-electron chi connectivity index (χ3n) is 2.53. The van der Waals surface area contributed by atoms with Gasteiger partial charge in [-0.1, -0.05) is 13.3 Å². The van der Waals surface area contributed by atoms with Gasteiger partial charge in [0.05, 0.1) is 0 Å². The molecule has 0 amide bonds. The minimum absolute atomic E-state index is 0.111. The van der Waals surface area contributed by atoms with Gasteiger partial charge in [0.15, 0.2) is 0 Å². The van der Waals surface area contributed by atoms with Crippen molar-refractivity contribution in [2.45, 2.75) is 57.2 Å². The summed E-state index contributed by atoms with van der Waals surface area (Å²) in [4.78, 5) is 0. The smallest absolute Gasteiger partial charge is 0.112 e. The molecular formula is C9H18FN. The van der Waals surface area contributed by atoms with E-state index in [0.29, 0.717) is 12.8 Å². The van der Waals surface area contributed by atoms with Crippen molar-refractivity contribution in [3.05, 3.63) is 0 Å². The highest BCUT2D eigenvalue weighted by molar-refractivity contribution is 4.87. The molecular weight excluding hydrogens is 141 g/mol. The molecule has 0 radical (unpaired) electrons. The molecule has 2 atom stereocenters. The zero-order valence-electron chi connectivity index (χ0n) is 7.28. The van der Waals surface area contributed by atoms with Crippen LogP contribution in [0.4, 0.5) is 4.39 Å². The average molecular weight is 159 g/mol. The number of rotatable bonds is 2. The highest BCUT2D eigenvalue weighted by atomic mass is 19.1. The van der Waals surface area contributed by atoms with Gasteiger partial charge in [0.2, 0.25) is 0 Å². The summed E-state index contributed by atoms with van der Waals surface area (Å²) in [6, 6.07) is 0.111. The second kappa shape index (κ2) is 3.53. The Balaban J connectivity index is 2.41. The fraction of sp³-hybridized carbons (Fsp3) is 1.00. The lowest BCUT2D eigenvalue weighted by molar-refractivity contribution is 0.0853. The molecule has 2 N–H and O–H groups in total. The summed E-state index contributed by atoms with van der Waals surface area (Å²) in [6.45, 7) is 2.03. The Hall–Kier alpha value is -0.110. The van der Waals surface area contributed by atoms with E-state index in [1.54, 1.807) is 0 Å². The molecule has 1 aliphatic carbocycles. The van der Waals surface area contributed by atoms with Crippen LogP contribution in [0.5, 0.6) is 0 Å². The maximum absolute atomic E-state index is 13.7. The fourth-order valence-electron chi connectivity index (χ4n) is 2.03. The van der Waals surface area contributed by atoms with Crippen molar-refractivity contribution in [3.8, 4) is 0 Å². The molecule has 0 aliphatic heterocycles. The maximum Gasteiger partial charge on any atom is 0.112 e. The number of nitrogens with two attached hydrogens (primary N) is 1. The molecule has 0 heterocycles. The van der Waals surface area contributed by atoms with E-state index in [9.17, 15) is 4.39 Å². The lowest BCUT2D eigenvalue weighted by atomic mass is 9.81. The van der Waals surface area contributed by atoms with Gasteiger partial charge in [0.25, 0.3) is 0 Å².